The van der Waals surface area contributed by atoms with E-state index < -0.39 is 21.3 Å². The Morgan fingerprint density at radius 2 is 2.17 bits per heavy atom. The summed E-state index contributed by atoms with van der Waals surface area (Å²) in [4.78, 5) is 12.3. The van der Waals surface area contributed by atoms with Crippen molar-refractivity contribution in [1.29, 1.82) is 0 Å². The first-order valence-electron chi connectivity index (χ1n) is 7.41. The summed E-state index contributed by atoms with van der Waals surface area (Å²) in [6, 6.07) is 6.06. The molecule has 7 nitrogen and oxygen atoms in total. The molecule has 1 aliphatic rings. The van der Waals surface area contributed by atoms with Crippen LogP contribution in [0.1, 0.15) is 32.6 Å². The van der Waals surface area contributed by atoms with Gasteiger partial charge in [0.15, 0.2) is 0 Å². The van der Waals surface area contributed by atoms with Gasteiger partial charge in [0, 0.05) is 11.0 Å². The summed E-state index contributed by atoms with van der Waals surface area (Å²) in [5.41, 5.74) is -0.0661. The van der Waals surface area contributed by atoms with Crippen molar-refractivity contribution in [3.05, 3.63) is 30.7 Å². The Morgan fingerprint density at radius 1 is 1.39 bits per heavy atom. The van der Waals surface area contributed by atoms with Gasteiger partial charge in [-0.05, 0) is 37.5 Å². The summed E-state index contributed by atoms with van der Waals surface area (Å²) < 4.78 is 32.2. The molecule has 1 heterocycles. The largest absolute Gasteiger partial charge is 0.423 e. The van der Waals surface area contributed by atoms with Crippen molar-refractivity contribution in [2.75, 3.05) is 0 Å². The van der Waals surface area contributed by atoms with E-state index in [4.69, 9.17) is 4.42 Å². The molecule has 0 aliphatic heterocycles. The number of amides is 1. The van der Waals surface area contributed by atoms with E-state index >= 15 is 0 Å². The molecule has 1 N–H and O–H groups in total. The van der Waals surface area contributed by atoms with Gasteiger partial charge in [0.25, 0.3) is 10.0 Å². The number of sulfonamides is 1. The van der Waals surface area contributed by atoms with Crippen LogP contribution in [-0.4, -0.2) is 24.5 Å². The second-order valence-electron chi connectivity index (χ2n) is 5.69. The van der Waals surface area contributed by atoms with Gasteiger partial charge in [-0.15, -0.1) is 10.2 Å². The predicted molar refractivity (Wildman–Crippen MR) is 81.6 cm³/mol. The average Bonchev–Trinajstić information content (AvgIpc) is 3.00. The van der Waals surface area contributed by atoms with Crippen LogP contribution in [0.5, 0.6) is 0 Å². The molecule has 122 valence electrons. The third kappa shape index (κ3) is 2.86. The molecule has 0 spiro atoms. The van der Waals surface area contributed by atoms with E-state index in [-0.39, 0.29) is 10.8 Å². The van der Waals surface area contributed by atoms with Gasteiger partial charge in [-0.25, -0.2) is 13.1 Å². The van der Waals surface area contributed by atoms with E-state index in [9.17, 15) is 13.2 Å². The van der Waals surface area contributed by atoms with Crippen molar-refractivity contribution in [3.8, 4) is 11.5 Å². The van der Waals surface area contributed by atoms with Crippen molar-refractivity contribution in [2.45, 2.75) is 37.5 Å². The molecular formula is C15H17N3O4S. The number of nitrogens with zero attached hydrogens (tertiary/aromatic N) is 2. The predicted octanol–water partition coefficient (Wildman–Crippen LogP) is 2.12. The van der Waals surface area contributed by atoms with E-state index in [1.165, 1.54) is 18.5 Å². The normalized spacial score (nSPS) is 16.6. The van der Waals surface area contributed by atoms with Crippen LogP contribution in [0.3, 0.4) is 0 Å². The van der Waals surface area contributed by atoms with Gasteiger partial charge in [0.05, 0.1) is 4.90 Å². The minimum absolute atomic E-state index is 0.00729. The Balaban J connectivity index is 1.85. The maximum atomic E-state index is 12.5. The molecule has 2 aromatic rings. The first kappa shape index (κ1) is 15.7. The molecule has 0 unspecified atom stereocenters. The van der Waals surface area contributed by atoms with Gasteiger partial charge in [0.2, 0.25) is 18.2 Å². The minimum Gasteiger partial charge on any atom is -0.423 e. The van der Waals surface area contributed by atoms with E-state index in [1.54, 1.807) is 12.1 Å². The summed E-state index contributed by atoms with van der Waals surface area (Å²) in [6.45, 7) is 1.90. The van der Waals surface area contributed by atoms with Gasteiger partial charge in [-0.2, -0.15) is 0 Å². The highest BCUT2D eigenvalue weighted by Gasteiger charge is 2.43. The molecule has 0 radical (unpaired) electrons. The molecule has 3 rings (SSSR count). The highest BCUT2D eigenvalue weighted by atomic mass is 32.2. The summed E-state index contributed by atoms with van der Waals surface area (Å²) in [7, 11) is -3.93. The molecule has 0 saturated heterocycles. The number of aromatic nitrogens is 2. The SMILES string of the molecule is CCC1(C(=O)NS(=O)(=O)c2cccc(-c3nnco3)c2)CCC1. The molecular weight excluding hydrogens is 318 g/mol. The van der Waals surface area contributed by atoms with E-state index in [0.717, 1.165) is 19.3 Å². The summed E-state index contributed by atoms with van der Waals surface area (Å²) >= 11 is 0. The summed E-state index contributed by atoms with van der Waals surface area (Å²) in [5.74, 6) is -0.202. The van der Waals surface area contributed by atoms with Gasteiger partial charge in [-0.3, -0.25) is 4.79 Å². The third-order valence-corrected chi connectivity index (χ3v) is 5.78. The Bertz CT molecular complexity index is 805. The summed E-state index contributed by atoms with van der Waals surface area (Å²) in [5, 5.41) is 7.31. The third-order valence-electron chi connectivity index (χ3n) is 4.45. The van der Waals surface area contributed by atoms with E-state index in [1.807, 2.05) is 6.92 Å². The maximum absolute atomic E-state index is 12.5. The van der Waals surface area contributed by atoms with Crippen molar-refractivity contribution in [3.63, 3.8) is 0 Å². The van der Waals surface area contributed by atoms with Crippen LogP contribution in [0.15, 0.2) is 40.0 Å². The Morgan fingerprint density at radius 3 is 2.74 bits per heavy atom. The van der Waals surface area contributed by atoms with Crippen LogP contribution in [0.4, 0.5) is 0 Å². The van der Waals surface area contributed by atoms with Crippen LogP contribution in [0.25, 0.3) is 11.5 Å². The lowest BCUT2D eigenvalue weighted by Gasteiger charge is -2.39. The lowest BCUT2D eigenvalue weighted by Crippen LogP contribution is -2.47. The number of carbonyl (C=O) groups excluding carboxylic acids is 1. The molecule has 0 atom stereocenters. The second kappa shape index (κ2) is 5.77. The van der Waals surface area contributed by atoms with Crippen molar-refractivity contribution in [1.82, 2.24) is 14.9 Å². The molecule has 1 aromatic carbocycles. The summed E-state index contributed by atoms with van der Waals surface area (Å²) in [6.07, 6.45) is 4.21. The van der Waals surface area contributed by atoms with E-state index in [2.05, 4.69) is 14.9 Å². The number of benzene rings is 1. The van der Waals surface area contributed by atoms with Crippen LogP contribution in [0, 0.1) is 5.41 Å². The molecule has 1 fully saturated rings. The number of nitrogens with one attached hydrogen (secondary N) is 1. The zero-order valence-electron chi connectivity index (χ0n) is 12.7. The quantitative estimate of drug-likeness (QED) is 0.898. The fourth-order valence-corrected chi connectivity index (χ4v) is 3.85. The fraction of sp³-hybridized carbons (Fsp3) is 0.400. The van der Waals surface area contributed by atoms with Gasteiger partial charge in [-0.1, -0.05) is 19.4 Å². The molecule has 1 amide bonds. The highest BCUT2D eigenvalue weighted by molar-refractivity contribution is 7.90. The zero-order valence-corrected chi connectivity index (χ0v) is 13.5. The lowest BCUT2D eigenvalue weighted by atomic mass is 9.66. The van der Waals surface area contributed by atoms with Crippen LogP contribution < -0.4 is 4.72 Å². The molecule has 8 heteroatoms. The van der Waals surface area contributed by atoms with Crippen molar-refractivity contribution in [2.24, 2.45) is 5.41 Å². The number of rotatable bonds is 5. The van der Waals surface area contributed by atoms with Crippen molar-refractivity contribution >= 4 is 15.9 Å². The Kier molecular flexibility index (Phi) is 3.93. The van der Waals surface area contributed by atoms with Crippen LogP contribution in [0.2, 0.25) is 0 Å². The Hall–Kier alpha value is -2.22. The first-order chi connectivity index (χ1) is 11.0. The number of hydrogen-bond donors (Lipinski definition) is 1. The fourth-order valence-electron chi connectivity index (χ4n) is 2.73. The minimum atomic E-state index is -3.93. The number of hydrogen-bond acceptors (Lipinski definition) is 6. The van der Waals surface area contributed by atoms with Gasteiger partial charge >= 0.3 is 0 Å². The monoisotopic (exact) mass is 335 g/mol. The number of carbonyl (C=O) groups is 1. The lowest BCUT2D eigenvalue weighted by molar-refractivity contribution is -0.134. The maximum Gasteiger partial charge on any atom is 0.264 e. The zero-order chi connectivity index (χ0) is 16.5. The van der Waals surface area contributed by atoms with Gasteiger partial charge < -0.3 is 4.42 Å². The van der Waals surface area contributed by atoms with Crippen LogP contribution >= 0.6 is 0 Å². The Labute approximate surface area is 134 Å². The topological polar surface area (TPSA) is 102 Å². The highest BCUT2D eigenvalue weighted by Crippen LogP contribution is 2.44. The smallest absolute Gasteiger partial charge is 0.264 e. The molecule has 23 heavy (non-hydrogen) atoms. The second-order valence-corrected chi connectivity index (χ2v) is 7.38. The molecule has 1 saturated carbocycles. The molecule has 0 bridgehead atoms. The van der Waals surface area contributed by atoms with Gasteiger partial charge in [0.1, 0.15) is 0 Å². The first-order valence-corrected chi connectivity index (χ1v) is 8.89. The molecule has 1 aliphatic carbocycles. The van der Waals surface area contributed by atoms with Crippen molar-refractivity contribution < 1.29 is 17.6 Å². The van der Waals surface area contributed by atoms with Crippen LogP contribution in [-0.2, 0) is 14.8 Å². The molecule has 1 aromatic heterocycles. The van der Waals surface area contributed by atoms with E-state index in [0.29, 0.717) is 12.0 Å². The standard InChI is InChI=1S/C15H17N3O4S/c1-2-15(7-4-8-15)14(19)18-23(20,21)12-6-3-5-11(9-12)13-17-16-10-22-13/h3,5-6,9-10H,2,4,7-8H2,1H3,(H,18,19). The average molecular weight is 335 g/mol.